The second-order valence-electron chi connectivity index (χ2n) is 11.4. The highest BCUT2D eigenvalue weighted by atomic mass is 35.5. The summed E-state index contributed by atoms with van der Waals surface area (Å²) in [7, 11) is -3.87. The van der Waals surface area contributed by atoms with Crippen LogP contribution in [0.25, 0.3) is 0 Å². The van der Waals surface area contributed by atoms with Crippen LogP contribution in [0.5, 0.6) is 0 Å². The van der Waals surface area contributed by atoms with E-state index >= 15 is 0 Å². The molecule has 0 aliphatic carbocycles. The van der Waals surface area contributed by atoms with Gasteiger partial charge in [0, 0.05) is 58.4 Å². The number of hydrogen-bond donors (Lipinski definition) is 3. The van der Waals surface area contributed by atoms with E-state index in [4.69, 9.17) is 23.2 Å². The average Bonchev–Trinajstić information content (AvgIpc) is 3.11. The van der Waals surface area contributed by atoms with Gasteiger partial charge in [0.25, 0.3) is 11.8 Å². The number of Topliss-reactive ketones (excluding diaryl/α,β-unsaturated/α-hetero) is 1. The van der Waals surface area contributed by atoms with Crippen LogP contribution in [0.1, 0.15) is 21.5 Å². The van der Waals surface area contributed by atoms with Crippen molar-refractivity contribution in [3.8, 4) is 0 Å². The molecule has 1 aliphatic heterocycles. The summed E-state index contributed by atoms with van der Waals surface area (Å²) in [5, 5.41) is 5.22. The van der Waals surface area contributed by atoms with Crippen LogP contribution in [-0.2, 0) is 32.6 Å². The lowest BCUT2D eigenvalue weighted by molar-refractivity contribution is -0.138. The van der Waals surface area contributed by atoms with Gasteiger partial charge in [-0.05, 0) is 47.5 Å². The molecule has 0 unspecified atom stereocenters. The van der Waals surface area contributed by atoms with Crippen molar-refractivity contribution in [1.82, 2.24) is 25.2 Å². The molecule has 5 rings (SSSR count). The van der Waals surface area contributed by atoms with Gasteiger partial charge in [0.15, 0.2) is 0 Å². The third-order valence-corrected chi connectivity index (χ3v) is 10.1. The van der Waals surface area contributed by atoms with Crippen LogP contribution in [0.3, 0.4) is 0 Å². The minimum absolute atomic E-state index is 0.0148. The van der Waals surface area contributed by atoms with E-state index in [2.05, 4.69) is 30.1 Å². The van der Waals surface area contributed by atoms with Gasteiger partial charge in [0.1, 0.15) is 11.9 Å². The minimum atomic E-state index is -3.87. The Morgan fingerprint density at radius 3 is 2.10 bits per heavy atom. The van der Waals surface area contributed by atoms with E-state index in [0.29, 0.717) is 12.1 Å². The van der Waals surface area contributed by atoms with Crippen molar-refractivity contribution in [2.45, 2.75) is 23.9 Å². The zero-order chi connectivity index (χ0) is 34.8. The Bertz CT molecular complexity index is 1840. The predicted molar refractivity (Wildman–Crippen MR) is 189 cm³/mol. The molecule has 1 aromatic heterocycles. The van der Waals surface area contributed by atoms with Crippen molar-refractivity contribution in [3.05, 3.63) is 124 Å². The number of carbonyl (C=O) groups is 3. The standard InChI is InChI=1S/C35H36Cl2N6O5S/c36-28-9-6-10-29(37)32(28)34(45)41-30(23-25-7-2-1-3-8-25)33(44)35(46)39-17-18-40-49(47,48)27-14-12-26(13-15-27)24-42-19-21-43(22-20-42)31-11-4-5-16-38-31/h1-16,30,40H,17-24H2,(H,39,46)(H,41,45)/t30-/m0/s1. The van der Waals surface area contributed by atoms with Crippen molar-refractivity contribution < 1.29 is 22.8 Å². The number of anilines is 1. The highest BCUT2D eigenvalue weighted by Gasteiger charge is 2.29. The van der Waals surface area contributed by atoms with Crippen LogP contribution in [0.4, 0.5) is 5.82 Å². The Hall–Kier alpha value is -4.33. The molecule has 0 saturated carbocycles. The number of nitrogens with zero attached hydrogens (tertiary/aromatic N) is 3. The Balaban J connectivity index is 1.11. The SMILES string of the molecule is O=C(NCCNS(=O)(=O)c1ccc(CN2CCN(c3ccccn3)CC2)cc1)C(=O)[C@H](Cc1ccccc1)NC(=O)c1c(Cl)cccc1Cl. The van der Waals surface area contributed by atoms with Gasteiger partial charge in [-0.2, -0.15) is 0 Å². The molecule has 0 spiro atoms. The topological polar surface area (TPSA) is 141 Å². The molecule has 0 radical (unpaired) electrons. The molecule has 1 fully saturated rings. The van der Waals surface area contributed by atoms with Gasteiger partial charge < -0.3 is 15.5 Å². The quantitative estimate of drug-likeness (QED) is 0.132. The van der Waals surface area contributed by atoms with Crippen molar-refractivity contribution in [1.29, 1.82) is 0 Å². The Kier molecular flexibility index (Phi) is 12.4. The van der Waals surface area contributed by atoms with E-state index in [9.17, 15) is 22.8 Å². The maximum atomic E-state index is 13.2. The van der Waals surface area contributed by atoms with E-state index in [0.717, 1.165) is 37.6 Å². The number of hydrogen-bond acceptors (Lipinski definition) is 8. The normalized spacial score (nSPS) is 14.2. The van der Waals surface area contributed by atoms with Crippen LogP contribution in [0, 0.1) is 0 Å². The summed E-state index contributed by atoms with van der Waals surface area (Å²) in [6.07, 6.45) is 1.82. The van der Waals surface area contributed by atoms with Crippen LogP contribution in [-0.4, -0.2) is 81.2 Å². The fourth-order valence-corrected chi connectivity index (χ4v) is 7.00. The third-order valence-electron chi connectivity index (χ3n) is 8.01. The van der Waals surface area contributed by atoms with E-state index in [1.165, 1.54) is 12.1 Å². The molecule has 2 amide bonds. The fraction of sp³-hybridized carbons (Fsp3) is 0.257. The minimum Gasteiger partial charge on any atom is -0.354 e. The predicted octanol–water partition coefficient (Wildman–Crippen LogP) is 3.72. The zero-order valence-corrected chi connectivity index (χ0v) is 28.8. The third kappa shape index (κ3) is 9.87. The van der Waals surface area contributed by atoms with Crippen LogP contribution >= 0.6 is 23.2 Å². The van der Waals surface area contributed by atoms with Crippen molar-refractivity contribution >= 4 is 56.6 Å². The Morgan fingerprint density at radius 2 is 1.45 bits per heavy atom. The van der Waals surface area contributed by atoms with E-state index in [-0.39, 0.29) is 40.0 Å². The molecule has 256 valence electrons. The molecule has 0 bridgehead atoms. The molecule has 1 saturated heterocycles. The van der Waals surface area contributed by atoms with E-state index in [1.54, 1.807) is 66.9 Å². The number of benzene rings is 3. The fourth-order valence-electron chi connectivity index (χ4n) is 5.40. The van der Waals surface area contributed by atoms with Crippen LogP contribution in [0.15, 0.2) is 102 Å². The van der Waals surface area contributed by atoms with E-state index < -0.39 is 33.7 Å². The number of piperazine rings is 1. The maximum Gasteiger partial charge on any atom is 0.289 e. The van der Waals surface area contributed by atoms with Crippen LogP contribution in [0.2, 0.25) is 10.0 Å². The number of aromatic nitrogens is 1. The first kappa shape index (κ1) is 36.0. The monoisotopic (exact) mass is 722 g/mol. The summed E-state index contributed by atoms with van der Waals surface area (Å²) in [6.45, 7) is 3.82. The summed E-state index contributed by atoms with van der Waals surface area (Å²) >= 11 is 12.3. The highest BCUT2D eigenvalue weighted by Crippen LogP contribution is 2.24. The second kappa shape index (κ2) is 16.9. The molecule has 2 heterocycles. The maximum absolute atomic E-state index is 13.2. The molecule has 3 aromatic carbocycles. The van der Waals surface area contributed by atoms with Gasteiger partial charge in [-0.25, -0.2) is 18.1 Å². The van der Waals surface area contributed by atoms with Gasteiger partial charge in [-0.1, -0.05) is 77.8 Å². The Morgan fingerprint density at radius 1 is 0.776 bits per heavy atom. The molecule has 1 aliphatic rings. The van der Waals surface area contributed by atoms with Crippen molar-refractivity contribution in [2.75, 3.05) is 44.2 Å². The number of nitrogens with one attached hydrogen (secondary N) is 3. The molecule has 3 N–H and O–H groups in total. The molecular weight excluding hydrogens is 687 g/mol. The smallest absolute Gasteiger partial charge is 0.289 e. The number of ketones is 1. The van der Waals surface area contributed by atoms with Gasteiger partial charge in [0.2, 0.25) is 15.8 Å². The molecule has 4 aromatic rings. The number of carbonyl (C=O) groups excluding carboxylic acids is 3. The van der Waals surface area contributed by atoms with E-state index in [1.807, 2.05) is 18.2 Å². The zero-order valence-electron chi connectivity index (χ0n) is 26.5. The molecule has 11 nitrogen and oxygen atoms in total. The molecule has 14 heteroatoms. The summed E-state index contributed by atoms with van der Waals surface area (Å²) in [5.74, 6) is -1.63. The second-order valence-corrected chi connectivity index (χ2v) is 14.0. The summed E-state index contributed by atoms with van der Waals surface area (Å²) in [5.41, 5.74) is 1.69. The van der Waals surface area contributed by atoms with Gasteiger partial charge in [0.05, 0.1) is 20.5 Å². The number of rotatable bonds is 14. The highest BCUT2D eigenvalue weighted by molar-refractivity contribution is 7.89. The Labute approximate surface area is 295 Å². The summed E-state index contributed by atoms with van der Waals surface area (Å²) < 4.78 is 28.3. The summed E-state index contributed by atoms with van der Waals surface area (Å²) in [6, 6.07) is 24.8. The van der Waals surface area contributed by atoms with Crippen LogP contribution < -0.4 is 20.3 Å². The lowest BCUT2D eigenvalue weighted by Gasteiger charge is -2.35. The first-order valence-corrected chi connectivity index (χ1v) is 17.9. The molecular formula is C35H36Cl2N6O5S. The van der Waals surface area contributed by atoms with Crippen molar-refractivity contribution in [2.24, 2.45) is 0 Å². The van der Waals surface area contributed by atoms with Crippen molar-refractivity contribution in [3.63, 3.8) is 0 Å². The number of sulfonamides is 1. The lowest BCUT2D eigenvalue weighted by atomic mass is 10.0. The van der Waals surface area contributed by atoms with Gasteiger partial charge >= 0.3 is 0 Å². The number of amides is 2. The molecule has 1 atom stereocenters. The largest absolute Gasteiger partial charge is 0.354 e. The van der Waals surface area contributed by atoms with Gasteiger partial charge in [-0.15, -0.1) is 0 Å². The number of pyridine rings is 1. The average molecular weight is 724 g/mol. The summed E-state index contributed by atoms with van der Waals surface area (Å²) in [4.78, 5) is 48.2. The van der Waals surface area contributed by atoms with Gasteiger partial charge in [-0.3, -0.25) is 19.3 Å². The molecule has 49 heavy (non-hydrogen) atoms. The first-order chi connectivity index (χ1) is 23.6. The lowest BCUT2D eigenvalue weighted by Crippen LogP contribution is -2.49. The number of halogens is 2. The first-order valence-electron chi connectivity index (χ1n) is 15.7.